The number of nitrogens with zero attached hydrogens (tertiary/aromatic N) is 2. The summed E-state index contributed by atoms with van der Waals surface area (Å²) in [5.41, 5.74) is 0. The molecule has 8 heteroatoms. The van der Waals surface area contributed by atoms with Crippen molar-refractivity contribution in [1.82, 2.24) is 4.98 Å². The SMILES string of the molecule is O=C1CC(S(=O)(=O)F)CN1c1cc(I)ccn1. The molecule has 1 unspecified atom stereocenters. The van der Waals surface area contributed by atoms with E-state index in [1.54, 1.807) is 12.1 Å². The van der Waals surface area contributed by atoms with Gasteiger partial charge in [-0.3, -0.25) is 9.69 Å². The minimum absolute atomic E-state index is 0.176. The molecule has 0 aromatic carbocycles. The van der Waals surface area contributed by atoms with Crippen molar-refractivity contribution in [3.05, 3.63) is 21.9 Å². The van der Waals surface area contributed by atoms with Crippen molar-refractivity contribution in [3.8, 4) is 0 Å². The number of carbonyl (C=O) groups is 1. The van der Waals surface area contributed by atoms with Crippen LogP contribution < -0.4 is 4.90 Å². The third-order valence-electron chi connectivity index (χ3n) is 2.47. The van der Waals surface area contributed by atoms with Crippen molar-refractivity contribution in [3.63, 3.8) is 0 Å². The third kappa shape index (κ3) is 2.73. The minimum Gasteiger partial charge on any atom is -0.295 e. The van der Waals surface area contributed by atoms with Crippen LogP contribution in [-0.4, -0.2) is 31.1 Å². The third-order valence-corrected chi connectivity index (χ3v) is 4.25. The minimum atomic E-state index is -4.68. The Labute approximate surface area is 111 Å². The number of halogens is 2. The molecule has 5 nitrogen and oxygen atoms in total. The molecule has 17 heavy (non-hydrogen) atoms. The van der Waals surface area contributed by atoms with Crippen molar-refractivity contribution in [2.45, 2.75) is 11.7 Å². The lowest BCUT2D eigenvalue weighted by molar-refractivity contribution is -0.117. The maximum absolute atomic E-state index is 12.8. The summed E-state index contributed by atoms with van der Waals surface area (Å²) in [4.78, 5) is 16.8. The van der Waals surface area contributed by atoms with Crippen LogP contribution in [0.5, 0.6) is 0 Å². The molecule has 1 fully saturated rings. The van der Waals surface area contributed by atoms with E-state index in [9.17, 15) is 17.1 Å². The molecule has 1 saturated heterocycles. The molecule has 1 amide bonds. The van der Waals surface area contributed by atoms with E-state index in [-0.39, 0.29) is 13.0 Å². The highest BCUT2D eigenvalue weighted by Gasteiger charge is 2.39. The van der Waals surface area contributed by atoms with Gasteiger partial charge < -0.3 is 0 Å². The van der Waals surface area contributed by atoms with Gasteiger partial charge >= 0.3 is 10.2 Å². The first-order chi connectivity index (χ1) is 7.88. The first kappa shape index (κ1) is 12.7. The van der Waals surface area contributed by atoms with Crippen molar-refractivity contribution >= 4 is 44.5 Å². The van der Waals surface area contributed by atoms with Gasteiger partial charge in [-0.15, -0.1) is 3.89 Å². The van der Waals surface area contributed by atoms with Crippen LogP contribution in [0.1, 0.15) is 6.42 Å². The monoisotopic (exact) mass is 370 g/mol. The number of hydrogen-bond donors (Lipinski definition) is 0. The summed E-state index contributed by atoms with van der Waals surface area (Å²) in [5.74, 6) is -0.0706. The zero-order valence-electron chi connectivity index (χ0n) is 8.51. The van der Waals surface area contributed by atoms with Crippen LogP contribution in [0, 0.1) is 3.57 Å². The van der Waals surface area contributed by atoms with E-state index >= 15 is 0 Å². The highest BCUT2D eigenvalue weighted by atomic mass is 127. The Balaban J connectivity index is 2.28. The Kier molecular flexibility index (Phi) is 3.34. The lowest BCUT2D eigenvalue weighted by Gasteiger charge is -2.14. The van der Waals surface area contributed by atoms with E-state index in [1.165, 1.54) is 11.1 Å². The predicted molar refractivity (Wildman–Crippen MR) is 67.7 cm³/mol. The Hall–Kier alpha value is -0.770. The Bertz CT molecular complexity index is 563. The molecule has 0 N–H and O–H groups in total. The molecule has 92 valence electrons. The van der Waals surface area contributed by atoms with Gasteiger partial charge in [-0.05, 0) is 34.7 Å². The van der Waals surface area contributed by atoms with Crippen LogP contribution in [0.25, 0.3) is 0 Å². The molecule has 0 bridgehead atoms. The molecule has 0 aliphatic carbocycles. The van der Waals surface area contributed by atoms with Crippen molar-refractivity contribution in [2.24, 2.45) is 0 Å². The second-order valence-corrected chi connectivity index (χ2v) is 6.50. The van der Waals surface area contributed by atoms with E-state index < -0.39 is 21.4 Å². The van der Waals surface area contributed by atoms with Crippen LogP contribution in [0.3, 0.4) is 0 Å². The highest BCUT2D eigenvalue weighted by Crippen LogP contribution is 2.25. The molecule has 0 radical (unpaired) electrons. The zero-order valence-corrected chi connectivity index (χ0v) is 11.5. The number of aromatic nitrogens is 1. The predicted octanol–water partition coefficient (Wildman–Crippen LogP) is 1.09. The summed E-state index contributed by atoms with van der Waals surface area (Å²) in [6.07, 6.45) is 1.19. The number of anilines is 1. The van der Waals surface area contributed by atoms with E-state index in [0.29, 0.717) is 5.82 Å². The second-order valence-electron chi connectivity index (χ2n) is 3.64. The van der Waals surface area contributed by atoms with Gasteiger partial charge in [0, 0.05) is 22.7 Å². The molecule has 0 spiro atoms. The first-order valence-electron chi connectivity index (χ1n) is 4.73. The average Bonchev–Trinajstić information content (AvgIpc) is 2.60. The molecule has 1 atom stereocenters. The number of carbonyl (C=O) groups excluding carboxylic acids is 1. The molecule has 1 aromatic rings. The van der Waals surface area contributed by atoms with Gasteiger partial charge in [0.1, 0.15) is 11.1 Å². The number of pyridine rings is 1. The van der Waals surface area contributed by atoms with Crippen LogP contribution in [0.4, 0.5) is 9.70 Å². The van der Waals surface area contributed by atoms with Crippen LogP contribution in [0.15, 0.2) is 18.3 Å². The standard InChI is InChI=1S/C9H8FIN2O3S/c10-17(15,16)7-4-9(14)13(5-7)8-3-6(11)1-2-12-8/h1-3,7H,4-5H2. The number of hydrogen-bond acceptors (Lipinski definition) is 4. The molecule has 2 rings (SSSR count). The quantitative estimate of drug-likeness (QED) is 0.578. The normalized spacial score (nSPS) is 20.9. The maximum atomic E-state index is 12.8. The van der Waals surface area contributed by atoms with Gasteiger partial charge in [-0.1, -0.05) is 0 Å². The summed E-state index contributed by atoms with van der Waals surface area (Å²) in [7, 11) is -4.68. The van der Waals surface area contributed by atoms with Gasteiger partial charge in [0.15, 0.2) is 0 Å². The van der Waals surface area contributed by atoms with E-state index in [1.807, 2.05) is 0 Å². The van der Waals surface area contributed by atoms with Crippen LogP contribution >= 0.6 is 22.6 Å². The summed E-state index contributed by atoms with van der Waals surface area (Å²) in [6.45, 7) is -0.176. The van der Waals surface area contributed by atoms with Crippen molar-refractivity contribution in [1.29, 1.82) is 0 Å². The summed E-state index contributed by atoms with van der Waals surface area (Å²) >= 11 is 2.05. The Morgan fingerprint density at radius 3 is 2.76 bits per heavy atom. The maximum Gasteiger partial charge on any atom is 0.307 e. The van der Waals surface area contributed by atoms with Gasteiger partial charge in [0.25, 0.3) is 0 Å². The van der Waals surface area contributed by atoms with Gasteiger partial charge in [-0.2, -0.15) is 8.42 Å². The number of amides is 1. The number of rotatable bonds is 2. The first-order valence-corrected chi connectivity index (χ1v) is 7.26. The van der Waals surface area contributed by atoms with E-state index in [0.717, 1.165) is 3.57 Å². The molecule has 1 aliphatic heterocycles. The molecule has 2 heterocycles. The summed E-state index contributed by atoms with van der Waals surface area (Å²) in [6, 6.07) is 3.39. The fraction of sp³-hybridized carbons (Fsp3) is 0.333. The lowest BCUT2D eigenvalue weighted by atomic mass is 10.4. The molecule has 0 saturated carbocycles. The van der Waals surface area contributed by atoms with Crippen molar-refractivity contribution < 1.29 is 17.1 Å². The Morgan fingerprint density at radius 2 is 2.24 bits per heavy atom. The fourth-order valence-corrected chi connectivity index (χ4v) is 2.73. The van der Waals surface area contributed by atoms with E-state index in [2.05, 4.69) is 27.6 Å². The summed E-state index contributed by atoms with van der Waals surface area (Å²) in [5, 5.41) is -1.28. The topological polar surface area (TPSA) is 67.3 Å². The largest absolute Gasteiger partial charge is 0.307 e. The molecule has 1 aliphatic rings. The van der Waals surface area contributed by atoms with Crippen molar-refractivity contribution in [2.75, 3.05) is 11.4 Å². The second kappa shape index (κ2) is 4.48. The highest BCUT2D eigenvalue weighted by molar-refractivity contribution is 14.1. The lowest BCUT2D eigenvalue weighted by Crippen LogP contribution is -2.27. The van der Waals surface area contributed by atoms with Crippen LogP contribution in [-0.2, 0) is 15.0 Å². The average molecular weight is 370 g/mol. The summed E-state index contributed by atoms with van der Waals surface area (Å²) < 4.78 is 35.2. The fourth-order valence-electron chi connectivity index (χ4n) is 1.63. The molecular formula is C9H8FIN2O3S. The molecule has 1 aromatic heterocycles. The molecular weight excluding hydrogens is 362 g/mol. The Morgan fingerprint density at radius 1 is 1.53 bits per heavy atom. The zero-order chi connectivity index (χ0) is 12.6. The smallest absolute Gasteiger partial charge is 0.295 e. The van der Waals surface area contributed by atoms with E-state index in [4.69, 9.17) is 0 Å². The van der Waals surface area contributed by atoms with Gasteiger partial charge in [0.05, 0.1) is 0 Å². The van der Waals surface area contributed by atoms with Gasteiger partial charge in [0.2, 0.25) is 5.91 Å². The van der Waals surface area contributed by atoms with Gasteiger partial charge in [-0.25, -0.2) is 4.98 Å². The van der Waals surface area contributed by atoms with Crippen LogP contribution in [0.2, 0.25) is 0 Å².